The molecule has 2 aromatic rings. The number of aryl methyl sites for hydroxylation is 1. The minimum absolute atomic E-state index is 0.0536. The largest absolute Gasteiger partial charge is 0.480 e. The number of hydrogen-bond donors (Lipinski definition) is 2. The van der Waals surface area contributed by atoms with Crippen molar-refractivity contribution in [1.82, 2.24) is 14.7 Å². The van der Waals surface area contributed by atoms with E-state index in [-0.39, 0.29) is 24.2 Å². The van der Waals surface area contributed by atoms with Crippen molar-refractivity contribution in [2.75, 3.05) is 5.32 Å². The smallest absolute Gasteiger partial charge is 0.325 e. The van der Waals surface area contributed by atoms with E-state index in [1.165, 1.54) is 16.9 Å². The Morgan fingerprint density at radius 2 is 2.00 bits per heavy atom. The summed E-state index contributed by atoms with van der Waals surface area (Å²) in [5.41, 5.74) is 2.10. The molecule has 0 aliphatic carbocycles. The molecule has 0 spiro atoms. The van der Waals surface area contributed by atoms with Crippen LogP contribution < -0.4 is 5.32 Å². The summed E-state index contributed by atoms with van der Waals surface area (Å²) < 4.78 is 1.22. The summed E-state index contributed by atoms with van der Waals surface area (Å²) in [4.78, 5) is 37.0. The topological polar surface area (TPSA) is 105 Å². The number of carboxylic acid groups (broad SMARTS) is 1. The lowest BCUT2D eigenvalue weighted by molar-refractivity contribution is -0.138. The number of nitrogens with one attached hydrogen (secondary N) is 1. The molecule has 8 heteroatoms. The van der Waals surface area contributed by atoms with E-state index in [2.05, 4.69) is 10.4 Å². The van der Waals surface area contributed by atoms with Crippen LogP contribution in [0.25, 0.3) is 0 Å². The van der Waals surface area contributed by atoms with Crippen molar-refractivity contribution in [3.63, 3.8) is 0 Å². The Kier molecular flexibility index (Phi) is 5.01. The number of nitrogens with zero attached hydrogens (tertiary/aromatic N) is 3. The van der Waals surface area contributed by atoms with Gasteiger partial charge in [0, 0.05) is 25.2 Å². The van der Waals surface area contributed by atoms with Crippen LogP contribution in [0.15, 0.2) is 36.5 Å². The van der Waals surface area contributed by atoms with Crippen molar-refractivity contribution in [2.45, 2.75) is 38.9 Å². The van der Waals surface area contributed by atoms with Gasteiger partial charge in [-0.15, -0.1) is 0 Å². The number of carboxylic acids is 1. The molecule has 26 heavy (non-hydrogen) atoms. The summed E-state index contributed by atoms with van der Waals surface area (Å²) in [6, 6.07) is 8.81. The van der Waals surface area contributed by atoms with E-state index in [1.54, 1.807) is 4.90 Å². The Balaban J connectivity index is 1.67. The predicted octanol–water partition coefficient (Wildman–Crippen LogP) is 1.41. The van der Waals surface area contributed by atoms with Crippen molar-refractivity contribution in [3.8, 4) is 0 Å². The molecular formula is C18H20N4O4. The average molecular weight is 356 g/mol. The van der Waals surface area contributed by atoms with Gasteiger partial charge in [0.05, 0.1) is 0 Å². The third-order valence-corrected chi connectivity index (χ3v) is 4.29. The standard InChI is InChI=1S/C18H20N4O4/c1-12-2-4-13(5-3-12)10-22-14(6-7-16(22)23)18(26)19-15-8-9-21(20-15)11-17(24)25/h2-5,8-9,14H,6-7,10-11H2,1H3,(H,24,25)(H,19,20,26). The van der Waals surface area contributed by atoms with Gasteiger partial charge in [-0.05, 0) is 18.9 Å². The average Bonchev–Trinajstić information content (AvgIpc) is 3.16. The lowest BCUT2D eigenvalue weighted by Gasteiger charge is -2.24. The summed E-state index contributed by atoms with van der Waals surface area (Å²) in [5.74, 6) is -1.12. The summed E-state index contributed by atoms with van der Waals surface area (Å²) in [7, 11) is 0. The molecule has 1 aliphatic heterocycles. The van der Waals surface area contributed by atoms with E-state index in [0.717, 1.165) is 11.1 Å². The van der Waals surface area contributed by atoms with Crippen LogP contribution in [0.2, 0.25) is 0 Å². The van der Waals surface area contributed by atoms with Crippen molar-refractivity contribution in [3.05, 3.63) is 47.7 Å². The number of rotatable bonds is 6. The first-order chi connectivity index (χ1) is 12.4. The van der Waals surface area contributed by atoms with Crippen LogP contribution in [-0.4, -0.2) is 43.6 Å². The van der Waals surface area contributed by atoms with Crippen LogP contribution in [-0.2, 0) is 27.5 Å². The second-order valence-corrected chi connectivity index (χ2v) is 6.34. The zero-order chi connectivity index (χ0) is 18.7. The van der Waals surface area contributed by atoms with E-state index < -0.39 is 12.0 Å². The fourth-order valence-electron chi connectivity index (χ4n) is 2.96. The van der Waals surface area contributed by atoms with Crippen LogP contribution in [0.5, 0.6) is 0 Å². The Labute approximate surface area is 150 Å². The van der Waals surface area contributed by atoms with E-state index in [0.29, 0.717) is 19.4 Å². The molecule has 0 radical (unpaired) electrons. The number of likely N-dealkylation sites (tertiary alicyclic amines) is 1. The lowest BCUT2D eigenvalue weighted by atomic mass is 10.1. The minimum Gasteiger partial charge on any atom is -0.480 e. The third kappa shape index (κ3) is 4.08. The molecule has 1 aromatic heterocycles. The number of amides is 2. The Bertz CT molecular complexity index is 828. The number of carbonyl (C=O) groups is 3. The van der Waals surface area contributed by atoms with Crippen molar-refractivity contribution < 1.29 is 19.5 Å². The Morgan fingerprint density at radius 1 is 1.27 bits per heavy atom. The Hall–Kier alpha value is -3.16. The molecule has 1 aliphatic rings. The summed E-state index contributed by atoms with van der Waals surface area (Å²) >= 11 is 0. The van der Waals surface area contributed by atoms with Crippen molar-refractivity contribution in [1.29, 1.82) is 0 Å². The van der Waals surface area contributed by atoms with Crippen LogP contribution in [0.1, 0.15) is 24.0 Å². The molecule has 1 unspecified atom stereocenters. The van der Waals surface area contributed by atoms with Crippen LogP contribution >= 0.6 is 0 Å². The second kappa shape index (κ2) is 7.38. The van der Waals surface area contributed by atoms with Gasteiger partial charge >= 0.3 is 5.97 Å². The highest BCUT2D eigenvalue weighted by Gasteiger charge is 2.36. The summed E-state index contributed by atoms with van der Waals surface area (Å²) in [5, 5.41) is 15.4. The molecule has 136 valence electrons. The molecule has 8 nitrogen and oxygen atoms in total. The maximum Gasteiger partial charge on any atom is 0.325 e. The van der Waals surface area contributed by atoms with Crippen molar-refractivity contribution >= 4 is 23.6 Å². The molecule has 2 amide bonds. The number of aromatic nitrogens is 2. The quantitative estimate of drug-likeness (QED) is 0.814. The normalized spacial score (nSPS) is 16.7. The monoisotopic (exact) mass is 356 g/mol. The molecule has 1 atom stereocenters. The molecular weight excluding hydrogens is 336 g/mol. The number of hydrogen-bond acceptors (Lipinski definition) is 4. The van der Waals surface area contributed by atoms with E-state index >= 15 is 0 Å². The highest BCUT2D eigenvalue weighted by Crippen LogP contribution is 2.23. The van der Waals surface area contributed by atoms with Gasteiger partial charge in [-0.25, -0.2) is 0 Å². The maximum absolute atomic E-state index is 12.6. The van der Waals surface area contributed by atoms with Gasteiger partial charge in [0.2, 0.25) is 11.8 Å². The molecule has 2 heterocycles. The van der Waals surface area contributed by atoms with E-state index in [4.69, 9.17) is 5.11 Å². The first kappa shape index (κ1) is 17.7. The van der Waals surface area contributed by atoms with Crippen LogP contribution in [0, 0.1) is 6.92 Å². The van der Waals surface area contributed by atoms with E-state index in [1.807, 2.05) is 31.2 Å². The van der Waals surface area contributed by atoms with E-state index in [9.17, 15) is 14.4 Å². The van der Waals surface area contributed by atoms with Gasteiger partial charge in [-0.1, -0.05) is 29.8 Å². The van der Waals surface area contributed by atoms with Gasteiger partial charge in [0.25, 0.3) is 0 Å². The maximum atomic E-state index is 12.6. The first-order valence-corrected chi connectivity index (χ1v) is 8.33. The second-order valence-electron chi connectivity index (χ2n) is 6.34. The van der Waals surface area contributed by atoms with Gasteiger partial charge in [0.15, 0.2) is 5.82 Å². The highest BCUT2D eigenvalue weighted by molar-refractivity contribution is 5.98. The number of carbonyl (C=O) groups excluding carboxylic acids is 2. The zero-order valence-corrected chi connectivity index (χ0v) is 14.4. The third-order valence-electron chi connectivity index (χ3n) is 4.29. The highest BCUT2D eigenvalue weighted by atomic mass is 16.4. The van der Waals surface area contributed by atoms with Gasteiger partial charge < -0.3 is 15.3 Å². The first-order valence-electron chi connectivity index (χ1n) is 8.33. The fourth-order valence-corrected chi connectivity index (χ4v) is 2.96. The number of aliphatic carboxylic acids is 1. The van der Waals surface area contributed by atoms with Gasteiger partial charge in [-0.3, -0.25) is 19.1 Å². The SMILES string of the molecule is Cc1ccc(CN2C(=O)CCC2C(=O)Nc2ccn(CC(=O)O)n2)cc1. The minimum atomic E-state index is -1.02. The summed E-state index contributed by atoms with van der Waals surface area (Å²) in [6.07, 6.45) is 2.26. The Morgan fingerprint density at radius 3 is 2.69 bits per heavy atom. The number of anilines is 1. The fraction of sp³-hybridized carbons (Fsp3) is 0.333. The van der Waals surface area contributed by atoms with Crippen molar-refractivity contribution in [2.24, 2.45) is 0 Å². The molecule has 2 N–H and O–H groups in total. The predicted molar refractivity (Wildman–Crippen MR) is 93.2 cm³/mol. The van der Waals surface area contributed by atoms with Gasteiger partial charge in [-0.2, -0.15) is 5.10 Å². The summed E-state index contributed by atoms with van der Waals surface area (Å²) in [6.45, 7) is 2.09. The molecule has 1 aromatic carbocycles. The number of benzene rings is 1. The molecule has 1 saturated heterocycles. The molecule has 0 bridgehead atoms. The van der Waals surface area contributed by atoms with Crippen LogP contribution in [0.3, 0.4) is 0 Å². The molecule has 3 rings (SSSR count). The van der Waals surface area contributed by atoms with Crippen LogP contribution in [0.4, 0.5) is 5.82 Å². The zero-order valence-electron chi connectivity index (χ0n) is 14.4. The lowest BCUT2D eigenvalue weighted by Crippen LogP contribution is -2.41. The van der Waals surface area contributed by atoms with Gasteiger partial charge in [0.1, 0.15) is 12.6 Å². The molecule has 0 saturated carbocycles. The molecule has 1 fully saturated rings.